The van der Waals surface area contributed by atoms with E-state index in [-0.39, 0.29) is 0 Å². The third-order valence-electron chi connectivity index (χ3n) is 3.38. The largest absolute Gasteiger partial charge is 0.443 e. The van der Waals surface area contributed by atoms with Crippen LogP contribution in [0.5, 0.6) is 0 Å². The van der Waals surface area contributed by atoms with E-state index in [1.54, 1.807) is 21.6 Å². The molecule has 0 saturated carbocycles. The second-order valence-corrected chi connectivity index (χ2v) is 7.29. The van der Waals surface area contributed by atoms with E-state index in [1.165, 1.54) is 0 Å². The molecule has 23 heavy (non-hydrogen) atoms. The summed E-state index contributed by atoms with van der Waals surface area (Å²) in [6, 6.07) is 5.92. The molecule has 5 nitrogen and oxygen atoms in total. The van der Waals surface area contributed by atoms with Crippen LogP contribution in [0.4, 0.5) is 4.79 Å². The molecule has 1 aromatic carbocycles. The van der Waals surface area contributed by atoms with Gasteiger partial charge in [0, 0.05) is 40.4 Å². The number of nitrogens with zero attached hydrogens (tertiary/aromatic N) is 3. The van der Waals surface area contributed by atoms with Gasteiger partial charge in [-0.1, -0.05) is 18.2 Å². The lowest BCUT2D eigenvalue weighted by molar-refractivity contribution is 0.0544. The SMILES string of the molecule is Cn1cc(-c2cccc3c(Br)cn(C(=O)OC(C)(C)C)c23)cn1. The van der Waals surface area contributed by atoms with Crippen LogP contribution in [0.1, 0.15) is 20.8 Å². The van der Waals surface area contributed by atoms with Crippen LogP contribution in [0, 0.1) is 0 Å². The molecule has 0 atom stereocenters. The topological polar surface area (TPSA) is 49.0 Å². The number of halogens is 1. The van der Waals surface area contributed by atoms with Crippen LogP contribution in [0.15, 0.2) is 41.3 Å². The first-order valence-corrected chi connectivity index (χ1v) is 8.07. The molecule has 0 aliphatic heterocycles. The van der Waals surface area contributed by atoms with Gasteiger partial charge in [0.15, 0.2) is 0 Å². The summed E-state index contributed by atoms with van der Waals surface area (Å²) in [7, 11) is 1.87. The fraction of sp³-hybridized carbons (Fsp3) is 0.294. The van der Waals surface area contributed by atoms with E-state index in [2.05, 4.69) is 21.0 Å². The summed E-state index contributed by atoms with van der Waals surface area (Å²) in [6.45, 7) is 5.56. The Hall–Kier alpha value is -2.08. The zero-order chi connectivity index (χ0) is 16.8. The van der Waals surface area contributed by atoms with E-state index in [4.69, 9.17) is 4.74 Å². The molecule has 0 bridgehead atoms. The molecule has 6 heteroatoms. The first-order chi connectivity index (χ1) is 10.8. The predicted molar refractivity (Wildman–Crippen MR) is 93.5 cm³/mol. The summed E-state index contributed by atoms with van der Waals surface area (Å²) in [6.07, 6.45) is 5.06. The van der Waals surface area contributed by atoms with E-state index in [1.807, 2.05) is 52.2 Å². The Morgan fingerprint density at radius 2 is 2.00 bits per heavy atom. The molecule has 0 saturated heterocycles. The van der Waals surface area contributed by atoms with Gasteiger partial charge in [0.1, 0.15) is 5.60 Å². The van der Waals surface area contributed by atoms with Crippen LogP contribution in [0.3, 0.4) is 0 Å². The van der Waals surface area contributed by atoms with Gasteiger partial charge in [0.05, 0.1) is 11.7 Å². The van der Waals surface area contributed by atoms with Crippen LogP contribution in [-0.4, -0.2) is 26.0 Å². The summed E-state index contributed by atoms with van der Waals surface area (Å²) < 4.78 is 9.66. The Balaban J connectivity index is 2.21. The van der Waals surface area contributed by atoms with Crippen molar-refractivity contribution >= 4 is 32.9 Å². The van der Waals surface area contributed by atoms with Crippen molar-refractivity contribution in [3.8, 4) is 11.1 Å². The van der Waals surface area contributed by atoms with E-state index >= 15 is 0 Å². The first-order valence-electron chi connectivity index (χ1n) is 7.28. The second kappa shape index (κ2) is 5.53. The van der Waals surface area contributed by atoms with Gasteiger partial charge < -0.3 is 4.74 Å². The van der Waals surface area contributed by atoms with Crippen molar-refractivity contribution in [2.75, 3.05) is 0 Å². The number of carbonyl (C=O) groups is 1. The molecule has 0 N–H and O–H groups in total. The van der Waals surface area contributed by atoms with Gasteiger partial charge in [-0.25, -0.2) is 4.79 Å². The summed E-state index contributed by atoms with van der Waals surface area (Å²) in [5.74, 6) is 0. The van der Waals surface area contributed by atoms with Crippen molar-refractivity contribution in [2.24, 2.45) is 7.05 Å². The van der Waals surface area contributed by atoms with Crippen molar-refractivity contribution in [2.45, 2.75) is 26.4 Å². The van der Waals surface area contributed by atoms with Crippen molar-refractivity contribution in [3.05, 3.63) is 41.3 Å². The van der Waals surface area contributed by atoms with E-state index in [0.717, 1.165) is 26.5 Å². The predicted octanol–water partition coefficient (Wildman–Crippen LogP) is 4.59. The van der Waals surface area contributed by atoms with Crippen LogP contribution in [-0.2, 0) is 11.8 Å². The molecule has 0 spiro atoms. The summed E-state index contributed by atoms with van der Waals surface area (Å²) in [4.78, 5) is 12.6. The lowest BCUT2D eigenvalue weighted by Crippen LogP contribution is -2.26. The number of hydrogen-bond donors (Lipinski definition) is 0. The smallest absolute Gasteiger partial charge is 0.419 e. The Morgan fingerprint density at radius 1 is 1.26 bits per heavy atom. The normalized spacial score (nSPS) is 11.9. The monoisotopic (exact) mass is 375 g/mol. The van der Waals surface area contributed by atoms with Gasteiger partial charge >= 0.3 is 6.09 Å². The highest BCUT2D eigenvalue weighted by Crippen LogP contribution is 2.34. The standard InChI is InChI=1S/C17H18BrN3O2/c1-17(2,3)23-16(22)21-10-14(18)13-7-5-6-12(15(13)21)11-8-19-20(4)9-11/h5-10H,1-4H3. The zero-order valence-electron chi connectivity index (χ0n) is 13.5. The summed E-state index contributed by atoms with van der Waals surface area (Å²) in [5.41, 5.74) is 2.14. The van der Waals surface area contributed by atoms with Crippen molar-refractivity contribution in [3.63, 3.8) is 0 Å². The number of para-hydroxylation sites is 1. The summed E-state index contributed by atoms with van der Waals surface area (Å²) >= 11 is 3.53. The number of rotatable bonds is 1. The zero-order valence-corrected chi connectivity index (χ0v) is 15.1. The number of fused-ring (bicyclic) bond motifs is 1. The average molecular weight is 376 g/mol. The van der Waals surface area contributed by atoms with Crippen molar-refractivity contribution < 1.29 is 9.53 Å². The van der Waals surface area contributed by atoms with Gasteiger partial charge in [-0.15, -0.1) is 0 Å². The fourth-order valence-electron chi connectivity index (χ4n) is 2.49. The molecule has 0 amide bonds. The highest BCUT2D eigenvalue weighted by molar-refractivity contribution is 9.10. The summed E-state index contributed by atoms with van der Waals surface area (Å²) in [5, 5.41) is 5.18. The van der Waals surface area contributed by atoms with Crippen molar-refractivity contribution in [1.82, 2.24) is 14.3 Å². The van der Waals surface area contributed by atoms with Gasteiger partial charge in [-0.3, -0.25) is 9.25 Å². The first kappa shape index (κ1) is 15.8. The third kappa shape index (κ3) is 3.03. The van der Waals surface area contributed by atoms with Crippen LogP contribution >= 0.6 is 15.9 Å². The second-order valence-electron chi connectivity index (χ2n) is 6.43. The lowest BCUT2D eigenvalue weighted by Gasteiger charge is -2.20. The molecule has 120 valence electrons. The van der Waals surface area contributed by atoms with Gasteiger partial charge in [0.25, 0.3) is 0 Å². The number of carbonyl (C=O) groups excluding carboxylic acids is 1. The minimum atomic E-state index is -0.552. The Kier molecular flexibility index (Phi) is 3.80. The number of benzene rings is 1. The third-order valence-corrected chi connectivity index (χ3v) is 4.01. The van der Waals surface area contributed by atoms with Crippen LogP contribution in [0.2, 0.25) is 0 Å². The maximum atomic E-state index is 12.6. The van der Waals surface area contributed by atoms with Gasteiger partial charge in [-0.2, -0.15) is 5.10 Å². The lowest BCUT2D eigenvalue weighted by atomic mass is 10.1. The molecular weight excluding hydrogens is 358 g/mol. The minimum absolute atomic E-state index is 0.399. The molecule has 0 fully saturated rings. The van der Waals surface area contributed by atoms with E-state index < -0.39 is 11.7 Å². The van der Waals surface area contributed by atoms with Gasteiger partial charge in [0.2, 0.25) is 0 Å². The van der Waals surface area contributed by atoms with Crippen LogP contribution < -0.4 is 0 Å². The van der Waals surface area contributed by atoms with Crippen LogP contribution in [0.25, 0.3) is 22.0 Å². The quantitative estimate of drug-likeness (QED) is 0.624. The van der Waals surface area contributed by atoms with E-state index in [9.17, 15) is 4.79 Å². The van der Waals surface area contributed by atoms with Gasteiger partial charge in [-0.05, 0) is 36.7 Å². The van der Waals surface area contributed by atoms with E-state index in [0.29, 0.717) is 0 Å². The molecule has 0 aliphatic carbocycles. The molecule has 2 heterocycles. The molecule has 3 aromatic rings. The molecule has 0 radical (unpaired) electrons. The fourth-order valence-corrected chi connectivity index (χ4v) is 3.02. The van der Waals surface area contributed by atoms with Crippen molar-refractivity contribution in [1.29, 1.82) is 0 Å². The number of hydrogen-bond acceptors (Lipinski definition) is 3. The molecule has 3 rings (SSSR count). The molecule has 0 aliphatic rings. The minimum Gasteiger partial charge on any atom is -0.443 e. The Morgan fingerprint density at radius 3 is 2.61 bits per heavy atom. The number of aromatic nitrogens is 3. The Labute approximate surface area is 143 Å². The number of aryl methyl sites for hydroxylation is 1. The molecule has 0 unspecified atom stereocenters. The number of ether oxygens (including phenoxy) is 1. The molecule has 2 aromatic heterocycles. The molecular formula is C17H18BrN3O2. The maximum absolute atomic E-state index is 12.6. The maximum Gasteiger partial charge on any atom is 0.419 e. The average Bonchev–Trinajstić information content (AvgIpc) is 3.01. The highest BCUT2D eigenvalue weighted by atomic mass is 79.9. The Bertz CT molecular complexity index is 887. The highest BCUT2D eigenvalue weighted by Gasteiger charge is 2.22.